The third-order valence-corrected chi connectivity index (χ3v) is 3.20. The number of aromatic nitrogens is 3. The number of hydrogen-bond donors (Lipinski definition) is 1. The molecular weight excluding hydrogens is 232 g/mol. The van der Waals surface area contributed by atoms with Crippen LogP contribution < -0.4 is 5.32 Å². The van der Waals surface area contributed by atoms with Crippen molar-refractivity contribution in [3.8, 4) is 0 Å². The Morgan fingerprint density at radius 3 is 2.72 bits per heavy atom. The number of amides is 1. The molecule has 1 saturated carbocycles. The highest BCUT2D eigenvalue weighted by Gasteiger charge is 2.15. The van der Waals surface area contributed by atoms with E-state index in [0.29, 0.717) is 6.29 Å². The summed E-state index contributed by atoms with van der Waals surface area (Å²) in [6.45, 7) is 0.122. The summed E-state index contributed by atoms with van der Waals surface area (Å²) in [7, 11) is 0. The average molecular weight is 250 g/mol. The molecule has 1 heterocycles. The summed E-state index contributed by atoms with van der Waals surface area (Å²) in [5, 5.41) is 10.3. The first kappa shape index (κ1) is 12.7. The molecule has 6 nitrogen and oxygen atoms in total. The Balaban J connectivity index is 1.82. The van der Waals surface area contributed by atoms with Crippen molar-refractivity contribution < 1.29 is 9.59 Å². The molecule has 98 valence electrons. The summed E-state index contributed by atoms with van der Waals surface area (Å²) in [4.78, 5) is 22.2. The molecule has 0 aliphatic heterocycles. The molecule has 18 heavy (non-hydrogen) atoms. The molecule has 0 spiro atoms. The minimum absolute atomic E-state index is 0.0655. The minimum Gasteiger partial charge on any atom is -0.352 e. The van der Waals surface area contributed by atoms with E-state index in [2.05, 4.69) is 15.6 Å². The fourth-order valence-electron chi connectivity index (χ4n) is 2.29. The molecule has 0 atom stereocenters. The maximum absolute atomic E-state index is 11.8. The molecule has 0 aromatic carbocycles. The average Bonchev–Trinajstić information content (AvgIpc) is 2.65. The highest BCUT2D eigenvalue weighted by Crippen LogP contribution is 2.17. The van der Waals surface area contributed by atoms with Crippen molar-refractivity contribution in [2.45, 2.75) is 51.1 Å². The van der Waals surface area contributed by atoms with E-state index in [1.54, 1.807) is 0 Å². The van der Waals surface area contributed by atoms with Crippen LogP contribution in [-0.2, 0) is 11.3 Å². The third-order valence-electron chi connectivity index (χ3n) is 3.20. The molecule has 1 amide bonds. The molecule has 0 saturated heterocycles. The molecule has 1 aliphatic rings. The Labute approximate surface area is 106 Å². The van der Waals surface area contributed by atoms with E-state index in [9.17, 15) is 9.59 Å². The largest absolute Gasteiger partial charge is 0.352 e. The first-order valence-electron chi connectivity index (χ1n) is 6.42. The molecule has 0 bridgehead atoms. The van der Waals surface area contributed by atoms with Gasteiger partial charge in [-0.1, -0.05) is 30.9 Å². The van der Waals surface area contributed by atoms with Gasteiger partial charge in [-0.25, -0.2) is 4.68 Å². The van der Waals surface area contributed by atoms with Crippen molar-refractivity contribution in [2.24, 2.45) is 0 Å². The van der Waals surface area contributed by atoms with Crippen LogP contribution in [0.5, 0.6) is 0 Å². The fraction of sp³-hybridized carbons (Fsp3) is 0.667. The van der Waals surface area contributed by atoms with Gasteiger partial charge in [-0.05, 0) is 12.8 Å². The Hall–Kier alpha value is -1.72. The van der Waals surface area contributed by atoms with Crippen molar-refractivity contribution in [1.29, 1.82) is 0 Å². The number of nitrogens with zero attached hydrogens (tertiary/aromatic N) is 3. The second-order valence-electron chi connectivity index (χ2n) is 4.71. The lowest BCUT2D eigenvalue weighted by molar-refractivity contribution is -0.122. The number of nitrogens with one attached hydrogen (secondary N) is 1. The van der Waals surface area contributed by atoms with Crippen molar-refractivity contribution in [2.75, 3.05) is 0 Å². The lowest BCUT2D eigenvalue weighted by atomic mass is 10.1. The van der Waals surface area contributed by atoms with Gasteiger partial charge in [0.25, 0.3) is 0 Å². The highest BCUT2D eigenvalue weighted by atomic mass is 16.2. The predicted octanol–water partition coefficient (Wildman–Crippen LogP) is 0.930. The molecule has 1 aromatic heterocycles. The van der Waals surface area contributed by atoms with Crippen LogP contribution in [0.25, 0.3) is 0 Å². The maximum Gasteiger partial charge on any atom is 0.242 e. The van der Waals surface area contributed by atoms with E-state index >= 15 is 0 Å². The van der Waals surface area contributed by atoms with Gasteiger partial charge < -0.3 is 5.32 Å². The fourth-order valence-corrected chi connectivity index (χ4v) is 2.29. The number of rotatable bonds is 4. The van der Waals surface area contributed by atoms with Crippen LogP contribution in [0.2, 0.25) is 0 Å². The van der Waals surface area contributed by atoms with Gasteiger partial charge in [-0.2, -0.15) is 0 Å². The van der Waals surface area contributed by atoms with Crippen molar-refractivity contribution in [3.63, 3.8) is 0 Å². The van der Waals surface area contributed by atoms with Crippen LogP contribution >= 0.6 is 0 Å². The summed E-state index contributed by atoms with van der Waals surface area (Å²) in [5.41, 5.74) is 0.247. The molecule has 1 N–H and O–H groups in total. The molecule has 1 fully saturated rings. The van der Waals surface area contributed by atoms with Crippen LogP contribution in [0.3, 0.4) is 0 Å². The molecule has 2 rings (SSSR count). The molecular formula is C12H18N4O2. The van der Waals surface area contributed by atoms with Crippen LogP contribution in [0.4, 0.5) is 0 Å². The number of carbonyl (C=O) groups is 2. The van der Waals surface area contributed by atoms with Crippen LogP contribution in [-0.4, -0.2) is 33.2 Å². The summed E-state index contributed by atoms with van der Waals surface area (Å²) in [6, 6.07) is 0.286. The predicted molar refractivity (Wildman–Crippen MR) is 65.0 cm³/mol. The summed E-state index contributed by atoms with van der Waals surface area (Å²) in [5.74, 6) is -0.0655. The van der Waals surface area contributed by atoms with Crippen LogP contribution in [0.1, 0.15) is 49.0 Å². The second kappa shape index (κ2) is 6.28. The normalized spacial score (nSPS) is 17.1. The lowest BCUT2D eigenvalue weighted by Crippen LogP contribution is -2.36. The maximum atomic E-state index is 11.8. The molecule has 0 radical (unpaired) electrons. The van der Waals surface area contributed by atoms with Gasteiger partial charge in [-0.15, -0.1) is 5.10 Å². The highest BCUT2D eigenvalue weighted by molar-refractivity contribution is 5.76. The monoisotopic (exact) mass is 250 g/mol. The smallest absolute Gasteiger partial charge is 0.242 e. The Kier molecular flexibility index (Phi) is 4.44. The van der Waals surface area contributed by atoms with E-state index < -0.39 is 0 Å². The summed E-state index contributed by atoms with van der Waals surface area (Å²) >= 11 is 0. The van der Waals surface area contributed by atoms with E-state index in [4.69, 9.17) is 0 Å². The van der Waals surface area contributed by atoms with Gasteiger partial charge in [-0.3, -0.25) is 9.59 Å². The molecule has 1 aromatic rings. The van der Waals surface area contributed by atoms with Gasteiger partial charge in [0.1, 0.15) is 12.2 Å². The second-order valence-corrected chi connectivity index (χ2v) is 4.71. The standard InChI is InChI=1S/C12H18N4O2/c17-9-11-7-16(15-14-11)8-12(18)13-10-5-3-1-2-4-6-10/h7,9-10H,1-6,8H2,(H,13,18). The Morgan fingerprint density at radius 2 is 2.11 bits per heavy atom. The van der Waals surface area contributed by atoms with E-state index in [0.717, 1.165) is 12.8 Å². The van der Waals surface area contributed by atoms with E-state index in [1.165, 1.54) is 36.6 Å². The summed E-state index contributed by atoms with van der Waals surface area (Å²) in [6.07, 6.45) is 9.10. The SMILES string of the molecule is O=Cc1cn(CC(=O)NC2CCCCCC2)nn1. The van der Waals surface area contributed by atoms with Crippen molar-refractivity contribution in [3.05, 3.63) is 11.9 Å². The zero-order chi connectivity index (χ0) is 12.8. The van der Waals surface area contributed by atoms with Gasteiger partial charge in [0.05, 0.1) is 6.20 Å². The van der Waals surface area contributed by atoms with Gasteiger partial charge in [0.15, 0.2) is 6.29 Å². The number of aldehydes is 1. The van der Waals surface area contributed by atoms with Gasteiger partial charge in [0, 0.05) is 6.04 Å². The minimum atomic E-state index is -0.0655. The van der Waals surface area contributed by atoms with E-state index in [1.807, 2.05) is 0 Å². The Morgan fingerprint density at radius 1 is 1.39 bits per heavy atom. The molecule has 0 unspecified atom stereocenters. The lowest BCUT2D eigenvalue weighted by Gasteiger charge is -2.15. The zero-order valence-corrected chi connectivity index (χ0v) is 10.3. The number of hydrogen-bond acceptors (Lipinski definition) is 4. The van der Waals surface area contributed by atoms with Crippen LogP contribution in [0, 0.1) is 0 Å². The quantitative estimate of drug-likeness (QED) is 0.637. The van der Waals surface area contributed by atoms with E-state index in [-0.39, 0.29) is 24.2 Å². The first-order chi connectivity index (χ1) is 8.78. The zero-order valence-electron chi connectivity index (χ0n) is 10.3. The van der Waals surface area contributed by atoms with Crippen molar-refractivity contribution in [1.82, 2.24) is 20.3 Å². The van der Waals surface area contributed by atoms with Crippen molar-refractivity contribution >= 4 is 12.2 Å². The first-order valence-corrected chi connectivity index (χ1v) is 6.42. The van der Waals surface area contributed by atoms with Gasteiger partial charge >= 0.3 is 0 Å². The third kappa shape index (κ3) is 3.65. The van der Waals surface area contributed by atoms with Crippen LogP contribution in [0.15, 0.2) is 6.20 Å². The van der Waals surface area contributed by atoms with Gasteiger partial charge in [0.2, 0.25) is 5.91 Å². The molecule has 6 heteroatoms. The molecule has 1 aliphatic carbocycles. The Bertz CT molecular complexity index is 408. The topological polar surface area (TPSA) is 76.9 Å². The summed E-state index contributed by atoms with van der Waals surface area (Å²) < 4.78 is 1.38. The number of carbonyl (C=O) groups excluding carboxylic acids is 2.